The maximum Gasteiger partial charge on any atom is 0.318 e. The molecule has 2 heterocycles. The number of thiazole rings is 1. The minimum Gasteiger partial charge on any atom is -0.331 e. The van der Waals surface area contributed by atoms with Crippen molar-refractivity contribution in [3.8, 4) is 0 Å². The van der Waals surface area contributed by atoms with E-state index in [-0.39, 0.29) is 18.1 Å². The summed E-state index contributed by atoms with van der Waals surface area (Å²) in [6.45, 7) is 6.86. The van der Waals surface area contributed by atoms with Gasteiger partial charge < -0.3 is 10.2 Å². The van der Waals surface area contributed by atoms with Gasteiger partial charge >= 0.3 is 6.03 Å². The number of amides is 2. The Hall–Kier alpha value is -2.40. The Kier molecular flexibility index (Phi) is 4.87. The van der Waals surface area contributed by atoms with Gasteiger partial charge in [0, 0.05) is 11.4 Å². The zero-order valence-electron chi connectivity index (χ0n) is 16.0. The molecule has 2 aromatic carbocycles. The quantitative estimate of drug-likeness (QED) is 0.651. The Bertz CT molecular complexity index is 975. The SMILES string of the molecule is Cc1nc(C)c([C@H](C)NC(=O)N2CCC[C@@H]2c2cccc3ccccc23)s1. The van der Waals surface area contributed by atoms with Crippen molar-refractivity contribution in [1.29, 1.82) is 0 Å². The molecule has 1 aliphatic heterocycles. The standard InChI is InChI=1S/C22H25N3OS/c1-14-21(27-16(3)23-14)15(2)24-22(26)25-13-7-12-20(25)19-11-6-9-17-8-4-5-10-18(17)19/h4-6,8-11,15,20H,7,12-13H2,1-3H3,(H,24,26)/t15-,20+/m0/s1. The predicted molar refractivity (Wildman–Crippen MR) is 111 cm³/mol. The largest absolute Gasteiger partial charge is 0.331 e. The van der Waals surface area contributed by atoms with Crippen LogP contribution >= 0.6 is 11.3 Å². The van der Waals surface area contributed by atoms with Gasteiger partial charge in [0.25, 0.3) is 0 Å². The van der Waals surface area contributed by atoms with Crippen molar-refractivity contribution >= 4 is 28.1 Å². The molecule has 27 heavy (non-hydrogen) atoms. The van der Waals surface area contributed by atoms with Crippen LogP contribution in [0.3, 0.4) is 0 Å². The number of benzene rings is 2. The lowest BCUT2D eigenvalue weighted by Gasteiger charge is -2.28. The zero-order chi connectivity index (χ0) is 19.0. The smallest absolute Gasteiger partial charge is 0.318 e. The number of likely N-dealkylation sites (tertiary alicyclic amines) is 1. The number of carbonyl (C=O) groups is 1. The Balaban J connectivity index is 1.57. The second-order valence-corrected chi connectivity index (χ2v) is 8.51. The molecule has 1 fully saturated rings. The van der Waals surface area contributed by atoms with Crippen LogP contribution in [0.1, 0.15) is 53.0 Å². The van der Waals surface area contributed by atoms with Crippen LogP contribution in [0.4, 0.5) is 4.79 Å². The van der Waals surface area contributed by atoms with Gasteiger partial charge in [0.05, 0.1) is 22.8 Å². The van der Waals surface area contributed by atoms with Crippen LogP contribution in [0.15, 0.2) is 42.5 Å². The lowest BCUT2D eigenvalue weighted by Crippen LogP contribution is -2.40. The topological polar surface area (TPSA) is 45.2 Å². The monoisotopic (exact) mass is 379 g/mol. The maximum atomic E-state index is 13.1. The van der Waals surface area contributed by atoms with Gasteiger partial charge in [0.2, 0.25) is 0 Å². The molecule has 2 atom stereocenters. The molecular weight excluding hydrogens is 354 g/mol. The van der Waals surface area contributed by atoms with E-state index >= 15 is 0 Å². The first-order chi connectivity index (χ1) is 13.0. The highest BCUT2D eigenvalue weighted by Crippen LogP contribution is 2.36. The van der Waals surface area contributed by atoms with Crippen molar-refractivity contribution in [2.24, 2.45) is 0 Å². The van der Waals surface area contributed by atoms with Gasteiger partial charge in [-0.05, 0) is 49.9 Å². The molecule has 1 saturated heterocycles. The van der Waals surface area contributed by atoms with Crippen LogP contribution in [-0.2, 0) is 0 Å². The van der Waals surface area contributed by atoms with E-state index < -0.39 is 0 Å². The minimum absolute atomic E-state index is 0.0170. The summed E-state index contributed by atoms with van der Waals surface area (Å²) in [4.78, 5) is 20.7. The van der Waals surface area contributed by atoms with Gasteiger partial charge in [-0.3, -0.25) is 0 Å². The van der Waals surface area contributed by atoms with E-state index in [1.165, 1.54) is 16.3 Å². The van der Waals surface area contributed by atoms with Crippen LogP contribution in [0.25, 0.3) is 10.8 Å². The number of hydrogen-bond acceptors (Lipinski definition) is 3. The summed E-state index contributed by atoms with van der Waals surface area (Å²) >= 11 is 1.66. The number of hydrogen-bond donors (Lipinski definition) is 1. The molecule has 1 aromatic heterocycles. The molecule has 140 valence electrons. The Labute approximate surface area is 164 Å². The van der Waals surface area contributed by atoms with Crippen molar-refractivity contribution in [2.75, 3.05) is 6.54 Å². The van der Waals surface area contributed by atoms with Gasteiger partial charge in [-0.25, -0.2) is 9.78 Å². The summed E-state index contributed by atoms with van der Waals surface area (Å²) in [5, 5.41) is 6.71. The molecule has 0 bridgehead atoms. The molecule has 1 aliphatic rings. The second kappa shape index (κ2) is 7.31. The van der Waals surface area contributed by atoms with E-state index in [2.05, 4.69) is 52.8 Å². The van der Waals surface area contributed by atoms with Crippen LogP contribution in [0.5, 0.6) is 0 Å². The van der Waals surface area contributed by atoms with Gasteiger partial charge in [-0.1, -0.05) is 42.5 Å². The fourth-order valence-electron chi connectivity index (χ4n) is 4.16. The van der Waals surface area contributed by atoms with Crippen LogP contribution in [0.2, 0.25) is 0 Å². The van der Waals surface area contributed by atoms with E-state index in [9.17, 15) is 4.79 Å². The Morgan fingerprint density at radius 1 is 1.22 bits per heavy atom. The first-order valence-electron chi connectivity index (χ1n) is 9.53. The Morgan fingerprint density at radius 2 is 2.00 bits per heavy atom. The van der Waals surface area contributed by atoms with Crippen LogP contribution in [0, 0.1) is 13.8 Å². The van der Waals surface area contributed by atoms with Crippen molar-refractivity contribution in [3.05, 3.63) is 63.6 Å². The normalized spacial score (nSPS) is 18.0. The fourth-order valence-corrected chi connectivity index (χ4v) is 5.09. The summed E-state index contributed by atoms with van der Waals surface area (Å²) in [7, 11) is 0. The zero-order valence-corrected chi connectivity index (χ0v) is 16.8. The lowest BCUT2D eigenvalue weighted by molar-refractivity contribution is 0.190. The molecule has 0 aliphatic carbocycles. The third-order valence-corrected chi connectivity index (χ3v) is 6.62. The number of aromatic nitrogens is 1. The van der Waals surface area contributed by atoms with Gasteiger partial charge in [0.15, 0.2) is 0 Å². The summed E-state index contributed by atoms with van der Waals surface area (Å²) in [5.41, 5.74) is 2.26. The minimum atomic E-state index is -0.0301. The number of nitrogens with one attached hydrogen (secondary N) is 1. The molecule has 4 rings (SSSR count). The van der Waals surface area contributed by atoms with Crippen LogP contribution in [-0.4, -0.2) is 22.5 Å². The number of urea groups is 1. The highest BCUT2D eigenvalue weighted by atomic mass is 32.1. The molecule has 3 aromatic rings. The van der Waals surface area contributed by atoms with E-state index in [1.54, 1.807) is 11.3 Å². The number of carbonyl (C=O) groups excluding carboxylic acids is 1. The average Bonchev–Trinajstić information content (AvgIpc) is 3.27. The number of aryl methyl sites for hydroxylation is 2. The summed E-state index contributed by atoms with van der Waals surface area (Å²) < 4.78 is 0. The third-order valence-electron chi connectivity index (χ3n) is 5.37. The number of nitrogens with zero attached hydrogens (tertiary/aromatic N) is 2. The lowest BCUT2D eigenvalue weighted by atomic mass is 9.97. The number of fused-ring (bicyclic) bond motifs is 1. The van der Waals surface area contributed by atoms with E-state index in [0.29, 0.717) is 0 Å². The Morgan fingerprint density at radius 3 is 2.78 bits per heavy atom. The molecular formula is C22H25N3OS. The van der Waals surface area contributed by atoms with Gasteiger partial charge in [-0.15, -0.1) is 11.3 Å². The van der Waals surface area contributed by atoms with Gasteiger partial charge in [-0.2, -0.15) is 0 Å². The highest BCUT2D eigenvalue weighted by molar-refractivity contribution is 7.11. The second-order valence-electron chi connectivity index (χ2n) is 7.27. The molecule has 0 radical (unpaired) electrons. The molecule has 5 heteroatoms. The molecule has 0 saturated carbocycles. The first-order valence-corrected chi connectivity index (χ1v) is 10.3. The maximum absolute atomic E-state index is 13.1. The fraction of sp³-hybridized carbons (Fsp3) is 0.364. The highest BCUT2D eigenvalue weighted by Gasteiger charge is 2.32. The van der Waals surface area contributed by atoms with E-state index in [4.69, 9.17) is 0 Å². The number of rotatable bonds is 3. The molecule has 1 N–H and O–H groups in total. The van der Waals surface area contributed by atoms with Crippen molar-refractivity contribution < 1.29 is 4.79 Å². The van der Waals surface area contributed by atoms with Gasteiger partial charge in [0.1, 0.15) is 0 Å². The van der Waals surface area contributed by atoms with E-state index in [0.717, 1.165) is 35.0 Å². The van der Waals surface area contributed by atoms with E-state index in [1.807, 2.05) is 25.7 Å². The third kappa shape index (κ3) is 3.44. The van der Waals surface area contributed by atoms with Crippen molar-refractivity contribution in [3.63, 3.8) is 0 Å². The summed E-state index contributed by atoms with van der Waals surface area (Å²) in [5.74, 6) is 0. The average molecular weight is 380 g/mol. The summed E-state index contributed by atoms with van der Waals surface area (Å²) in [6.07, 6.45) is 2.04. The summed E-state index contributed by atoms with van der Waals surface area (Å²) in [6, 6.07) is 14.9. The molecule has 0 spiro atoms. The molecule has 0 unspecified atom stereocenters. The first kappa shape index (κ1) is 18.0. The molecule has 2 amide bonds. The molecule has 4 nitrogen and oxygen atoms in total. The van der Waals surface area contributed by atoms with Crippen molar-refractivity contribution in [2.45, 2.75) is 45.7 Å². The van der Waals surface area contributed by atoms with Crippen molar-refractivity contribution in [1.82, 2.24) is 15.2 Å². The van der Waals surface area contributed by atoms with Crippen LogP contribution < -0.4 is 5.32 Å². The predicted octanol–water partition coefficient (Wildman–Crippen LogP) is 5.52.